The van der Waals surface area contributed by atoms with Gasteiger partial charge in [0, 0.05) is 52.0 Å². The number of nitrogens with two attached hydrogens (primary N) is 1. The maximum Gasteiger partial charge on any atom is 0.255 e. The Morgan fingerprint density at radius 1 is 1.13 bits per heavy atom. The molecule has 9 nitrogen and oxygen atoms in total. The van der Waals surface area contributed by atoms with Gasteiger partial charge in [0.2, 0.25) is 0 Å². The van der Waals surface area contributed by atoms with E-state index in [-0.39, 0.29) is 24.1 Å². The molecule has 0 heterocycles. The van der Waals surface area contributed by atoms with Crippen LogP contribution >= 0.6 is 0 Å². The summed E-state index contributed by atoms with van der Waals surface area (Å²) in [6, 6.07) is 8.75. The number of allylic oxidation sites excluding steroid dienone is 5. The molecule has 5 N–H and O–H groups in total. The topological polar surface area (TPSA) is 120 Å². The minimum atomic E-state index is -0.517. The van der Waals surface area contributed by atoms with Crippen molar-refractivity contribution in [2.45, 2.75) is 45.4 Å². The highest BCUT2D eigenvalue weighted by Crippen LogP contribution is 2.17. The first kappa shape index (κ1) is 33.5. The predicted molar refractivity (Wildman–Crippen MR) is 158 cm³/mol. The van der Waals surface area contributed by atoms with E-state index in [0.29, 0.717) is 12.7 Å². The second-order valence-corrected chi connectivity index (χ2v) is 9.36. The molecule has 0 radical (unpaired) electrons. The SMILES string of the molecule is CCCN(CCNC(N)NC)C(/C=C\N(C)C)=C/C/C=C/C=C(\C=O)C(=O)NC(CC(C)=O)c1ccccc1. The van der Waals surface area contributed by atoms with Gasteiger partial charge < -0.3 is 20.9 Å². The standard InChI is InChI=1S/C30H46N6O3/c1-6-19-36(21-18-33-30(31)32-3)27(17-20-35(4)5)16-12-8-11-15-26(23-37)29(39)34-28(22-24(2)38)25-13-9-7-10-14-25/h7-11,13-17,20,23,28,30,32-33H,6,12,18-19,21-22,31H2,1-5H3,(H,34,39)/b11-8+,20-17-,26-15+,27-16+. The maximum atomic E-state index is 12.8. The van der Waals surface area contributed by atoms with Crippen LogP contribution in [0.25, 0.3) is 0 Å². The molecule has 214 valence electrons. The van der Waals surface area contributed by atoms with E-state index in [1.165, 1.54) is 13.0 Å². The van der Waals surface area contributed by atoms with Crippen LogP contribution < -0.4 is 21.7 Å². The first-order chi connectivity index (χ1) is 18.7. The number of hydrogen-bond donors (Lipinski definition) is 4. The third kappa shape index (κ3) is 14.3. The number of hydrogen-bond acceptors (Lipinski definition) is 8. The molecule has 0 fully saturated rings. The molecule has 1 rings (SSSR count). The largest absolute Gasteiger partial charge is 0.383 e. The number of carbonyl (C=O) groups excluding carboxylic acids is 3. The highest BCUT2D eigenvalue weighted by molar-refractivity contribution is 6.10. The van der Waals surface area contributed by atoms with Crippen molar-refractivity contribution in [1.29, 1.82) is 0 Å². The number of nitrogens with zero attached hydrogens (tertiary/aromatic N) is 2. The van der Waals surface area contributed by atoms with Gasteiger partial charge in [0.05, 0.1) is 11.6 Å². The Balaban J connectivity index is 2.96. The van der Waals surface area contributed by atoms with Crippen molar-refractivity contribution in [1.82, 2.24) is 25.8 Å². The molecule has 0 bridgehead atoms. The smallest absolute Gasteiger partial charge is 0.255 e. The van der Waals surface area contributed by atoms with E-state index in [4.69, 9.17) is 5.73 Å². The lowest BCUT2D eigenvalue weighted by molar-refractivity contribution is -0.120. The Morgan fingerprint density at radius 3 is 2.44 bits per heavy atom. The quantitative estimate of drug-likeness (QED) is 0.0530. The summed E-state index contributed by atoms with van der Waals surface area (Å²) in [6.45, 7) is 6.02. The van der Waals surface area contributed by atoms with E-state index >= 15 is 0 Å². The lowest BCUT2D eigenvalue weighted by atomic mass is 10.0. The van der Waals surface area contributed by atoms with Crippen LogP contribution in [0.2, 0.25) is 0 Å². The van der Waals surface area contributed by atoms with Gasteiger partial charge in [-0.3, -0.25) is 25.0 Å². The average Bonchev–Trinajstić information content (AvgIpc) is 2.91. The molecule has 9 heteroatoms. The normalized spacial score (nSPS) is 13.9. The first-order valence-electron chi connectivity index (χ1n) is 13.3. The van der Waals surface area contributed by atoms with Crippen LogP contribution in [0.1, 0.15) is 44.7 Å². The van der Waals surface area contributed by atoms with Crippen LogP contribution in [-0.2, 0) is 14.4 Å². The molecule has 0 aliphatic heterocycles. The van der Waals surface area contributed by atoms with Gasteiger partial charge in [-0.2, -0.15) is 0 Å². The van der Waals surface area contributed by atoms with Crippen molar-refractivity contribution >= 4 is 18.0 Å². The summed E-state index contributed by atoms with van der Waals surface area (Å²) in [4.78, 5) is 40.5. The number of benzene rings is 1. The van der Waals surface area contributed by atoms with Crippen molar-refractivity contribution in [3.63, 3.8) is 0 Å². The van der Waals surface area contributed by atoms with Crippen LogP contribution in [0, 0.1) is 0 Å². The van der Waals surface area contributed by atoms with Crippen LogP contribution in [0.5, 0.6) is 0 Å². The maximum absolute atomic E-state index is 12.8. The third-order valence-corrected chi connectivity index (χ3v) is 5.72. The highest BCUT2D eigenvalue weighted by atomic mass is 16.2. The van der Waals surface area contributed by atoms with E-state index in [1.807, 2.05) is 61.6 Å². The van der Waals surface area contributed by atoms with Gasteiger partial charge in [-0.05, 0) is 44.5 Å². The number of Topliss-reactive ketones (excluding diaryl/α,β-unsaturated/α-hetero) is 1. The monoisotopic (exact) mass is 538 g/mol. The number of carbonyl (C=O) groups is 3. The molecule has 0 aromatic heterocycles. The first-order valence-corrected chi connectivity index (χ1v) is 13.3. The van der Waals surface area contributed by atoms with Crippen LogP contribution in [0.4, 0.5) is 0 Å². The Morgan fingerprint density at radius 2 is 1.85 bits per heavy atom. The molecular weight excluding hydrogens is 492 g/mol. The van der Waals surface area contributed by atoms with Crippen LogP contribution in [0.15, 0.2) is 78.2 Å². The number of amides is 1. The molecule has 0 aliphatic rings. The second kappa shape index (κ2) is 19.5. The van der Waals surface area contributed by atoms with Gasteiger partial charge in [0.15, 0.2) is 6.29 Å². The summed E-state index contributed by atoms with van der Waals surface area (Å²) < 4.78 is 0. The summed E-state index contributed by atoms with van der Waals surface area (Å²) in [5.74, 6) is -0.569. The van der Waals surface area contributed by atoms with Gasteiger partial charge in [0.25, 0.3) is 5.91 Å². The zero-order valence-electron chi connectivity index (χ0n) is 24.0. The Labute approximate surface area is 233 Å². The fraction of sp³-hybridized carbons (Fsp3) is 0.433. The van der Waals surface area contributed by atoms with E-state index in [9.17, 15) is 14.4 Å². The Kier molecular flexibility index (Phi) is 16.8. The molecule has 2 atom stereocenters. The lowest BCUT2D eigenvalue weighted by Gasteiger charge is -2.27. The Bertz CT molecular complexity index is 1000. The number of rotatable bonds is 19. The van der Waals surface area contributed by atoms with Crippen LogP contribution in [0.3, 0.4) is 0 Å². The molecule has 1 aromatic rings. The highest BCUT2D eigenvalue weighted by Gasteiger charge is 2.18. The number of nitrogens with one attached hydrogen (secondary N) is 3. The third-order valence-electron chi connectivity index (χ3n) is 5.72. The molecule has 2 unspecified atom stereocenters. The molecule has 1 amide bonds. The zero-order chi connectivity index (χ0) is 29.0. The molecular formula is C30H46N6O3. The zero-order valence-corrected chi connectivity index (χ0v) is 24.0. The van der Waals surface area contributed by atoms with Crippen molar-refractivity contribution in [2.75, 3.05) is 40.8 Å². The summed E-state index contributed by atoms with van der Waals surface area (Å²) in [7, 11) is 5.75. The molecule has 0 saturated heterocycles. The minimum absolute atomic E-state index is 0.00741. The summed E-state index contributed by atoms with van der Waals surface area (Å²) in [6.07, 6.45) is 13.3. The van der Waals surface area contributed by atoms with Gasteiger partial charge >= 0.3 is 0 Å². The molecule has 39 heavy (non-hydrogen) atoms. The molecule has 0 saturated carbocycles. The van der Waals surface area contributed by atoms with Crippen molar-refractivity contribution in [3.8, 4) is 0 Å². The van der Waals surface area contributed by atoms with E-state index < -0.39 is 11.9 Å². The van der Waals surface area contributed by atoms with Gasteiger partial charge in [0.1, 0.15) is 12.1 Å². The van der Waals surface area contributed by atoms with Crippen molar-refractivity contribution < 1.29 is 14.4 Å². The Hall–Kier alpha value is -3.53. The van der Waals surface area contributed by atoms with Gasteiger partial charge in [-0.25, -0.2) is 0 Å². The molecule has 0 spiro atoms. The van der Waals surface area contributed by atoms with E-state index in [1.54, 1.807) is 13.1 Å². The number of ketones is 1. The lowest BCUT2D eigenvalue weighted by Crippen LogP contribution is -2.49. The van der Waals surface area contributed by atoms with Crippen molar-refractivity contribution in [2.24, 2.45) is 5.73 Å². The molecule has 1 aromatic carbocycles. The fourth-order valence-electron chi connectivity index (χ4n) is 3.70. The number of aldehydes is 1. The van der Waals surface area contributed by atoms with Crippen molar-refractivity contribution in [3.05, 3.63) is 83.7 Å². The summed E-state index contributed by atoms with van der Waals surface area (Å²) in [5.41, 5.74) is 7.77. The predicted octanol–water partition coefficient (Wildman–Crippen LogP) is 2.62. The van der Waals surface area contributed by atoms with Gasteiger partial charge in [-0.1, -0.05) is 55.5 Å². The average molecular weight is 539 g/mol. The fourth-order valence-corrected chi connectivity index (χ4v) is 3.70. The summed E-state index contributed by atoms with van der Waals surface area (Å²) in [5, 5.41) is 9.02. The van der Waals surface area contributed by atoms with Crippen LogP contribution in [-0.4, -0.2) is 74.8 Å². The molecule has 0 aliphatic carbocycles. The second-order valence-electron chi connectivity index (χ2n) is 9.36. The summed E-state index contributed by atoms with van der Waals surface area (Å²) >= 11 is 0. The van der Waals surface area contributed by atoms with E-state index in [2.05, 4.69) is 39.9 Å². The van der Waals surface area contributed by atoms with E-state index in [0.717, 1.165) is 37.3 Å². The van der Waals surface area contributed by atoms with Gasteiger partial charge in [-0.15, -0.1) is 0 Å². The minimum Gasteiger partial charge on any atom is -0.383 e.